The molecule has 0 bridgehead atoms. The molecule has 4 rings (SSSR count). The molecule has 1 aromatic heterocycles. The van der Waals surface area contributed by atoms with E-state index in [1.807, 2.05) is 12.4 Å². The van der Waals surface area contributed by atoms with Crippen LogP contribution in [0.4, 0.5) is 10.1 Å². The minimum atomic E-state index is -0.296. The van der Waals surface area contributed by atoms with Crippen LogP contribution in [-0.4, -0.2) is 58.4 Å². The predicted octanol–water partition coefficient (Wildman–Crippen LogP) is 3.91. The summed E-state index contributed by atoms with van der Waals surface area (Å²) in [7, 11) is 2.13. The zero-order chi connectivity index (χ0) is 22.7. The van der Waals surface area contributed by atoms with Gasteiger partial charge in [-0.25, -0.2) is 14.4 Å². The van der Waals surface area contributed by atoms with Crippen LogP contribution in [0.1, 0.15) is 50.4 Å². The molecular formula is C25H34FN5O. The van der Waals surface area contributed by atoms with Crippen molar-refractivity contribution in [2.24, 2.45) is 11.8 Å². The highest BCUT2D eigenvalue weighted by Gasteiger charge is 2.39. The number of hydrogen-bond acceptors (Lipinski definition) is 5. The number of nitrogens with zero attached hydrogens (tertiary/aromatic N) is 4. The third-order valence-corrected chi connectivity index (χ3v) is 6.91. The van der Waals surface area contributed by atoms with Crippen LogP contribution >= 0.6 is 0 Å². The van der Waals surface area contributed by atoms with Crippen LogP contribution in [0.5, 0.6) is 0 Å². The van der Waals surface area contributed by atoms with Crippen LogP contribution in [0.15, 0.2) is 36.7 Å². The van der Waals surface area contributed by atoms with E-state index in [4.69, 9.17) is 0 Å². The van der Waals surface area contributed by atoms with Gasteiger partial charge in [0.05, 0.1) is 5.92 Å². The number of likely N-dealkylation sites (tertiary alicyclic amines) is 2. The average molecular weight is 440 g/mol. The van der Waals surface area contributed by atoms with Crippen molar-refractivity contribution in [1.82, 2.24) is 19.8 Å². The summed E-state index contributed by atoms with van der Waals surface area (Å²) in [6.45, 7) is 8.01. The van der Waals surface area contributed by atoms with E-state index in [2.05, 4.69) is 46.0 Å². The Balaban J connectivity index is 1.26. The van der Waals surface area contributed by atoms with Gasteiger partial charge in [-0.3, -0.25) is 9.69 Å². The number of halogens is 1. The lowest BCUT2D eigenvalue weighted by Crippen LogP contribution is -2.41. The number of hydrogen-bond donors (Lipinski definition) is 1. The first kappa shape index (κ1) is 22.8. The number of aromatic nitrogens is 2. The Morgan fingerprint density at radius 2 is 1.81 bits per heavy atom. The number of benzene rings is 1. The van der Waals surface area contributed by atoms with E-state index in [1.54, 1.807) is 12.1 Å². The van der Waals surface area contributed by atoms with Crippen molar-refractivity contribution in [1.29, 1.82) is 0 Å². The maximum atomic E-state index is 13.1. The van der Waals surface area contributed by atoms with Gasteiger partial charge in [0.1, 0.15) is 11.6 Å². The molecule has 1 aromatic carbocycles. The fourth-order valence-electron chi connectivity index (χ4n) is 5.05. The second-order valence-corrected chi connectivity index (χ2v) is 9.65. The number of anilines is 1. The molecule has 2 fully saturated rings. The molecule has 0 saturated carbocycles. The van der Waals surface area contributed by atoms with Gasteiger partial charge in [0.15, 0.2) is 0 Å². The minimum Gasteiger partial charge on any atom is -0.326 e. The summed E-state index contributed by atoms with van der Waals surface area (Å²) in [6.07, 6.45) is 7.10. The van der Waals surface area contributed by atoms with Crippen molar-refractivity contribution < 1.29 is 9.18 Å². The first-order valence-electron chi connectivity index (χ1n) is 11.7. The summed E-state index contributed by atoms with van der Waals surface area (Å²) in [5, 5.41) is 2.95. The predicted molar refractivity (Wildman–Crippen MR) is 124 cm³/mol. The fraction of sp³-hybridized carbons (Fsp3) is 0.560. The van der Waals surface area contributed by atoms with Crippen LogP contribution in [-0.2, 0) is 11.3 Å². The number of carbonyl (C=O) groups excluding carboxylic acids is 1. The van der Waals surface area contributed by atoms with Crippen LogP contribution in [0.3, 0.4) is 0 Å². The van der Waals surface area contributed by atoms with E-state index in [1.165, 1.54) is 17.7 Å². The van der Waals surface area contributed by atoms with Gasteiger partial charge < -0.3 is 10.2 Å². The summed E-state index contributed by atoms with van der Waals surface area (Å²) in [5.41, 5.74) is 1.82. The summed E-state index contributed by atoms with van der Waals surface area (Å²) in [4.78, 5) is 26.6. The quantitative estimate of drug-likeness (QED) is 0.740. The molecule has 7 heteroatoms. The van der Waals surface area contributed by atoms with Crippen molar-refractivity contribution >= 4 is 11.6 Å². The summed E-state index contributed by atoms with van der Waals surface area (Å²) in [6, 6.07) is 6.41. The Kier molecular flexibility index (Phi) is 7.16. The lowest BCUT2D eigenvalue weighted by Gasteiger charge is -2.37. The van der Waals surface area contributed by atoms with Crippen LogP contribution in [0.25, 0.3) is 0 Å². The highest BCUT2D eigenvalue weighted by molar-refractivity contribution is 5.92. The molecule has 0 radical (unpaired) electrons. The number of carbonyl (C=O) groups is 1. The third-order valence-electron chi connectivity index (χ3n) is 6.91. The van der Waals surface area contributed by atoms with Gasteiger partial charge in [-0.2, -0.15) is 0 Å². The molecule has 3 heterocycles. The number of rotatable bonds is 6. The van der Waals surface area contributed by atoms with Crippen molar-refractivity contribution in [2.75, 3.05) is 32.0 Å². The summed E-state index contributed by atoms with van der Waals surface area (Å²) < 4.78 is 13.1. The fourth-order valence-corrected chi connectivity index (χ4v) is 5.05. The monoisotopic (exact) mass is 439 g/mol. The Morgan fingerprint density at radius 1 is 1.16 bits per heavy atom. The number of amides is 1. The molecule has 1 amide bonds. The van der Waals surface area contributed by atoms with Crippen molar-refractivity contribution in [3.05, 3.63) is 53.9 Å². The molecule has 172 valence electrons. The molecule has 0 spiro atoms. The van der Waals surface area contributed by atoms with Gasteiger partial charge in [0, 0.05) is 48.7 Å². The van der Waals surface area contributed by atoms with Crippen molar-refractivity contribution in [3.63, 3.8) is 0 Å². The normalized spacial score (nSPS) is 23.0. The van der Waals surface area contributed by atoms with E-state index >= 15 is 0 Å². The smallest absolute Gasteiger partial charge is 0.228 e. The van der Waals surface area contributed by atoms with Crippen molar-refractivity contribution in [2.45, 2.75) is 51.6 Å². The molecule has 2 aliphatic heterocycles. The van der Waals surface area contributed by atoms with E-state index < -0.39 is 0 Å². The maximum Gasteiger partial charge on any atom is 0.228 e. The second-order valence-electron chi connectivity index (χ2n) is 9.65. The molecule has 32 heavy (non-hydrogen) atoms. The standard InChI is InChI=1S/C25H34FN5O/c1-17(2)24-27-13-18(14-28-24)15-31-10-8-19(9-11-31)23-12-20(16-30(23)3)25(32)29-22-6-4-21(26)5-7-22/h4-7,13-14,17,19-20,23H,8-12,15-16H2,1-3H3,(H,29,32). The molecule has 2 aromatic rings. The van der Waals surface area contributed by atoms with Crippen molar-refractivity contribution in [3.8, 4) is 0 Å². The maximum absolute atomic E-state index is 13.1. The zero-order valence-electron chi connectivity index (χ0n) is 19.3. The lowest BCUT2D eigenvalue weighted by atomic mass is 9.86. The minimum absolute atomic E-state index is 0.0234. The van der Waals surface area contributed by atoms with E-state index in [-0.39, 0.29) is 17.6 Å². The molecule has 6 nitrogen and oxygen atoms in total. The molecule has 2 atom stereocenters. The zero-order valence-corrected chi connectivity index (χ0v) is 19.3. The lowest BCUT2D eigenvalue weighted by molar-refractivity contribution is -0.119. The van der Waals surface area contributed by atoms with Gasteiger partial charge >= 0.3 is 0 Å². The number of nitrogens with one attached hydrogen (secondary N) is 1. The van der Waals surface area contributed by atoms with E-state index in [0.717, 1.165) is 51.3 Å². The highest BCUT2D eigenvalue weighted by atomic mass is 19.1. The molecule has 2 unspecified atom stereocenters. The Hall–Kier alpha value is -2.38. The van der Waals surface area contributed by atoms with E-state index in [9.17, 15) is 9.18 Å². The van der Waals surface area contributed by atoms with Crippen LogP contribution in [0, 0.1) is 17.7 Å². The van der Waals surface area contributed by atoms with Gasteiger partial charge in [-0.1, -0.05) is 13.8 Å². The first-order chi connectivity index (χ1) is 15.4. The Bertz CT molecular complexity index is 894. The summed E-state index contributed by atoms with van der Waals surface area (Å²) >= 11 is 0. The first-order valence-corrected chi connectivity index (χ1v) is 11.7. The largest absolute Gasteiger partial charge is 0.326 e. The van der Waals surface area contributed by atoms with Gasteiger partial charge in [-0.15, -0.1) is 0 Å². The van der Waals surface area contributed by atoms with Gasteiger partial charge in [0.2, 0.25) is 5.91 Å². The van der Waals surface area contributed by atoms with Crippen LogP contribution < -0.4 is 5.32 Å². The molecule has 0 aliphatic carbocycles. The van der Waals surface area contributed by atoms with E-state index in [0.29, 0.717) is 23.6 Å². The molecule has 1 N–H and O–H groups in total. The summed E-state index contributed by atoms with van der Waals surface area (Å²) in [5.74, 6) is 1.58. The van der Waals surface area contributed by atoms with Gasteiger partial charge in [0.25, 0.3) is 0 Å². The number of piperidine rings is 1. The topological polar surface area (TPSA) is 61.4 Å². The molecule has 2 saturated heterocycles. The molecular weight excluding hydrogens is 405 g/mol. The second kappa shape index (κ2) is 10.0. The Labute approximate surface area is 190 Å². The molecule has 2 aliphatic rings. The Morgan fingerprint density at radius 3 is 2.44 bits per heavy atom. The SMILES string of the molecule is CC(C)c1ncc(CN2CCC(C3CC(C(=O)Nc4ccc(F)cc4)CN3C)CC2)cn1. The average Bonchev–Trinajstić information content (AvgIpc) is 3.18. The highest BCUT2D eigenvalue weighted by Crippen LogP contribution is 2.33. The van der Waals surface area contributed by atoms with Crippen LogP contribution in [0.2, 0.25) is 0 Å². The van der Waals surface area contributed by atoms with Gasteiger partial charge in [-0.05, 0) is 69.6 Å². The third kappa shape index (κ3) is 5.51.